The summed E-state index contributed by atoms with van der Waals surface area (Å²) < 4.78 is 11.3. The number of ether oxygens (including phenoxy) is 2. The van der Waals surface area contributed by atoms with Crippen LogP contribution in [-0.4, -0.2) is 62.3 Å². The van der Waals surface area contributed by atoms with Gasteiger partial charge in [-0.3, -0.25) is 0 Å². The standard InChI is InChI=1S/C16H25NO.C15H23NO/c1-4-10-16(11-5-1)18-15-9-3-8-14-17-12-6-2-7-13-17;1-3-9-15(10-4-1)17-14-8-2-5-11-16-12-6-7-13-16/h1,4-5,10-11H,2-3,6-9,12-15H2;1,3-4,9-10H,2,5-8,11-14H2. The first kappa shape index (κ1) is 27.5. The van der Waals surface area contributed by atoms with Gasteiger partial charge in [-0.1, -0.05) is 42.8 Å². The molecule has 0 N–H and O–H groups in total. The zero-order valence-electron chi connectivity index (χ0n) is 21.9. The van der Waals surface area contributed by atoms with Crippen LogP contribution in [0.4, 0.5) is 0 Å². The molecule has 0 atom stereocenters. The van der Waals surface area contributed by atoms with Crippen LogP contribution in [0.3, 0.4) is 0 Å². The number of piperidine rings is 1. The van der Waals surface area contributed by atoms with Crippen molar-refractivity contribution in [3.8, 4) is 11.5 Å². The normalized spacial score (nSPS) is 16.5. The fraction of sp³-hybridized carbons (Fsp3) is 0.613. The van der Waals surface area contributed by atoms with E-state index in [1.165, 1.54) is 110 Å². The average Bonchev–Trinajstić information content (AvgIpc) is 3.44. The van der Waals surface area contributed by atoms with Crippen molar-refractivity contribution in [2.24, 2.45) is 0 Å². The lowest BCUT2D eigenvalue weighted by Crippen LogP contribution is -2.30. The molecule has 0 amide bonds. The average molecular weight is 481 g/mol. The fourth-order valence-corrected chi connectivity index (χ4v) is 4.83. The highest BCUT2D eigenvalue weighted by Crippen LogP contribution is 2.13. The molecule has 194 valence electrons. The summed E-state index contributed by atoms with van der Waals surface area (Å²) in [6, 6.07) is 20.2. The van der Waals surface area contributed by atoms with Crippen LogP contribution in [0.15, 0.2) is 60.7 Å². The summed E-state index contributed by atoms with van der Waals surface area (Å²) in [5.74, 6) is 1.99. The SMILES string of the molecule is c1ccc(OCCCCCN2CCCC2)cc1.c1ccc(OCCCCCN2CCCCC2)cc1. The Morgan fingerprint density at radius 2 is 0.857 bits per heavy atom. The van der Waals surface area contributed by atoms with Crippen molar-refractivity contribution in [1.82, 2.24) is 9.80 Å². The molecule has 0 spiro atoms. The molecule has 2 aliphatic heterocycles. The molecule has 2 aromatic rings. The number of likely N-dealkylation sites (tertiary alicyclic amines) is 2. The lowest BCUT2D eigenvalue weighted by atomic mass is 10.1. The van der Waals surface area contributed by atoms with Crippen LogP contribution in [-0.2, 0) is 0 Å². The minimum Gasteiger partial charge on any atom is -0.494 e. The topological polar surface area (TPSA) is 24.9 Å². The highest BCUT2D eigenvalue weighted by molar-refractivity contribution is 5.21. The maximum atomic E-state index is 5.68. The molecule has 0 aliphatic carbocycles. The van der Waals surface area contributed by atoms with Gasteiger partial charge in [0.15, 0.2) is 0 Å². The van der Waals surface area contributed by atoms with Crippen LogP contribution in [0.1, 0.15) is 70.6 Å². The Balaban J connectivity index is 0.000000196. The molecule has 4 rings (SSSR count). The van der Waals surface area contributed by atoms with E-state index in [2.05, 4.69) is 9.80 Å². The molecule has 0 radical (unpaired) electrons. The molecule has 2 saturated heterocycles. The van der Waals surface area contributed by atoms with E-state index in [0.717, 1.165) is 24.7 Å². The van der Waals surface area contributed by atoms with Crippen LogP contribution in [0, 0.1) is 0 Å². The van der Waals surface area contributed by atoms with Crippen molar-refractivity contribution in [1.29, 1.82) is 0 Å². The number of benzene rings is 2. The first-order valence-corrected chi connectivity index (χ1v) is 14.2. The monoisotopic (exact) mass is 480 g/mol. The van der Waals surface area contributed by atoms with Gasteiger partial charge in [-0.25, -0.2) is 0 Å². The second kappa shape index (κ2) is 18.3. The van der Waals surface area contributed by atoms with Crippen LogP contribution in [0.5, 0.6) is 11.5 Å². The minimum atomic E-state index is 0.851. The maximum Gasteiger partial charge on any atom is 0.119 e. The number of hydrogen-bond acceptors (Lipinski definition) is 4. The summed E-state index contributed by atoms with van der Waals surface area (Å²) >= 11 is 0. The highest BCUT2D eigenvalue weighted by atomic mass is 16.5. The van der Waals surface area contributed by atoms with Crippen LogP contribution in [0.2, 0.25) is 0 Å². The third-order valence-corrected chi connectivity index (χ3v) is 6.91. The van der Waals surface area contributed by atoms with E-state index in [-0.39, 0.29) is 0 Å². The van der Waals surface area contributed by atoms with Crippen molar-refractivity contribution in [2.45, 2.75) is 70.6 Å². The molecule has 2 heterocycles. The van der Waals surface area contributed by atoms with Crippen LogP contribution >= 0.6 is 0 Å². The van der Waals surface area contributed by atoms with E-state index in [9.17, 15) is 0 Å². The van der Waals surface area contributed by atoms with Gasteiger partial charge in [0.1, 0.15) is 11.5 Å². The molecule has 0 bridgehead atoms. The third kappa shape index (κ3) is 13.0. The summed E-state index contributed by atoms with van der Waals surface area (Å²) in [6.45, 7) is 9.55. The second-order valence-electron chi connectivity index (χ2n) is 9.90. The second-order valence-corrected chi connectivity index (χ2v) is 9.90. The van der Waals surface area contributed by atoms with Gasteiger partial charge in [-0.2, -0.15) is 0 Å². The molecule has 2 fully saturated rings. The molecule has 0 saturated carbocycles. The van der Waals surface area contributed by atoms with E-state index >= 15 is 0 Å². The molecular weight excluding hydrogens is 432 g/mol. The quantitative estimate of drug-likeness (QED) is 0.270. The van der Waals surface area contributed by atoms with E-state index in [1.807, 2.05) is 60.7 Å². The van der Waals surface area contributed by atoms with Crippen molar-refractivity contribution >= 4 is 0 Å². The molecule has 2 aromatic carbocycles. The zero-order chi connectivity index (χ0) is 24.2. The van der Waals surface area contributed by atoms with E-state index in [0.29, 0.717) is 0 Å². The maximum absolute atomic E-state index is 5.68. The van der Waals surface area contributed by atoms with E-state index in [1.54, 1.807) is 0 Å². The highest BCUT2D eigenvalue weighted by Gasteiger charge is 2.10. The summed E-state index contributed by atoms with van der Waals surface area (Å²) in [5, 5.41) is 0. The first-order valence-electron chi connectivity index (χ1n) is 14.2. The Morgan fingerprint density at radius 3 is 1.29 bits per heavy atom. The lowest BCUT2D eigenvalue weighted by Gasteiger charge is -2.26. The van der Waals surface area contributed by atoms with Gasteiger partial charge in [0, 0.05) is 0 Å². The summed E-state index contributed by atoms with van der Waals surface area (Å²) in [5.41, 5.74) is 0. The molecule has 4 heteroatoms. The largest absolute Gasteiger partial charge is 0.494 e. The predicted octanol–water partition coefficient (Wildman–Crippen LogP) is 7.05. The Kier molecular flexibility index (Phi) is 14.4. The Hall–Kier alpha value is -2.04. The van der Waals surface area contributed by atoms with Gasteiger partial charge < -0.3 is 19.3 Å². The van der Waals surface area contributed by atoms with Crippen molar-refractivity contribution in [3.05, 3.63) is 60.7 Å². The third-order valence-electron chi connectivity index (χ3n) is 6.91. The summed E-state index contributed by atoms with van der Waals surface area (Å²) in [7, 11) is 0. The van der Waals surface area contributed by atoms with Crippen molar-refractivity contribution in [3.63, 3.8) is 0 Å². The Labute approximate surface area is 214 Å². The van der Waals surface area contributed by atoms with Crippen LogP contribution < -0.4 is 9.47 Å². The number of hydrogen-bond donors (Lipinski definition) is 0. The van der Waals surface area contributed by atoms with Gasteiger partial charge in [0.2, 0.25) is 0 Å². The molecule has 0 unspecified atom stereocenters. The number of rotatable bonds is 14. The molecular formula is C31H48N2O2. The Bertz CT molecular complexity index is 728. The van der Waals surface area contributed by atoms with Crippen molar-refractivity contribution < 1.29 is 9.47 Å². The van der Waals surface area contributed by atoms with Gasteiger partial charge in [0.25, 0.3) is 0 Å². The lowest BCUT2D eigenvalue weighted by molar-refractivity contribution is 0.221. The summed E-state index contributed by atoms with van der Waals surface area (Å²) in [6.07, 6.45) is 14.6. The zero-order valence-corrected chi connectivity index (χ0v) is 21.9. The Morgan fingerprint density at radius 1 is 0.457 bits per heavy atom. The molecule has 35 heavy (non-hydrogen) atoms. The van der Waals surface area contributed by atoms with Gasteiger partial charge in [0.05, 0.1) is 13.2 Å². The van der Waals surface area contributed by atoms with Gasteiger partial charge in [-0.05, 0) is 128 Å². The van der Waals surface area contributed by atoms with Crippen molar-refractivity contribution in [2.75, 3.05) is 52.5 Å². The van der Waals surface area contributed by atoms with E-state index < -0.39 is 0 Å². The predicted molar refractivity (Wildman–Crippen MR) is 148 cm³/mol. The number of nitrogens with zero attached hydrogens (tertiary/aromatic N) is 2. The smallest absolute Gasteiger partial charge is 0.119 e. The fourth-order valence-electron chi connectivity index (χ4n) is 4.83. The summed E-state index contributed by atoms with van der Waals surface area (Å²) in [4.78, 5) is 5.19. The number of para-hydroxylation sites is 2. The first-order chi connectivity index (χ1) is 17.4. The minimum absolute atomic E-state index is 0.851. The van der Waals surface area contributed by atoms with Crippen LogP contribution in [0.25, 0.3) is 0 Å². The molecule has 2 aliphatic rings. The molecule has 4 nitrogen and oxygen atoms in total. The molecule has 0 aromatic heterocycles. The van der Waals surface area contributed by atoms with E-state index in [4.69, 9.17) is 9.47 Å². The van der Waals surface area contributed by atoms with Gasteiger partial charge in [-0.15, -0.1) is 0 Å². The number of unbranched alkanes of at least 4 members (excludes halogenated alkanes) is 4. The van der Waals surface area contributed by atoms with Gasteiger partial charge >= 0.3 is 0 Å².